The molecule has 1 saturated heterocycles. The van der Waals surface area contributed by atoms with Crippen LogP contribution >= 0.6 is 0 Å². The van der Waals surface area contributed by atoms with E-state index in [9.17, 15) is 14.7 Å². The molecule has 1 heterocycles. The minimum atomic E-state index is -0.722. The lowest BCUT2D eigenvalue weighted by Gasteiger charge is -2.36. The molecule has 1 aliphatic rings. The molecule has 2 atom stereocenters. The van der Waals surface area contributed by atoms with E-state index in [4.69, 9.17) is 9.47 Å². The monoisotopic (exact) mass is 287 g/mol. The van der Waals surface area contributed by atoms with Gasteiger partial charge in [0.05, 0.1) is 25.7 Å². The van der Waals surface area contributed by atoms with Crippen molar-refractivity contribution in [1.82, 2.24) is 4.90 Å². The Labute approximate surface area is 120 Å². The first-order valence-electron chi connectivity index (χ1n) is 7.04. The largest absolute Gasteiger partial charge is 0.466 e. The zero-order valence-corrected chi connectivity index (χ0v) is 12.7. The molecule has 1 aliphatic heterocycles. The Morgan fingerprint density at radius 3 is 2.50 bits per heavy atom. The summed E-state index contributed by atoms with van der Waals surface area (Å²) >= 11 is 0. The number of carbonyl (C=O) groups is 2. The molecule has 6 nitrogen and oxygen atoms in total. The predicted octanol–water partition coefficient (Wildman–Crippen LogP) is 1.56. The number of aliphatic hydroxyl groups excluding tert-OH is 1. The fourth-order valence-corrected chi connectivity index (χ4v) is 2.14. The summed E-state index contributed by atoms with van der Waals surface area (Å²) in [5, 5.41) is 10.0. The van der Waals surface area contributed by atoms with Gasteiger partial charge in [-0.15, -0.1) is 0 Å². The lowest BCUT2D eigenvalue weighted by molar-refractivity contribution is -0.146. The molecule has 1 rings (SSSR count). The van der Waals surface area contributed by atoms with E-state index in [0.29, 0.717) is 19.6 Å². The first kappa shape index (κ1) is 16.8. The standard InChI is InChI=1S/C14H25NO5/c1-5-19-12(17)8-10-6-7-15(9-11(10)16)13(18)20-14(2,3)4/h10-11,16H,5-9H2,1-4H3. The van der Waals surface area contributed by atoms with Gasteiger partial charge in [-0.25, -0.2) is 4.79 Å². The Bertz CT molecular complexity index is 350. The van der Waals surface area contributed by atoms with Gasteiger partial charge in [0.25, 0.3) is 0 Å². The summed E-state index contributed by atoms with van der Waals surface area (Å²) in [5.41, 5.74) is -0.552. The smallest absolute Gasteiger partial charge is 0.410 e. The van der Waals surface area contributed by atoms with Crippen molar-refractivity contribution < 1.29 is 24.2 Å². The normalized spacial score (nSPS) is 23.4. The van der Waals surface area contributed by atoms with Gasteiger partial charge in [-0.1, -0.05) is 0 Å². The van der Waals surface area contributed by atoms with Crippen molar-refractivity contribution in [3.8, 4) is 0 Å². The van der Waals surface area contributed by atoms with Gasteiger partial charge >= 0.3 is 12.1 Å². The molecule has 20 heavy (non-hydrogen) atoms. The Morgan fingerprint density at radius 1 is 1.35 bits per heavy atom. The first-order chi connectivity index (χ1) is 9.23. The van der Waals surface area contributed by atoms with Crippen LogP contribution in [0.2, 0.25) is 0 Å². The second kappa shape index (κ2) is 6.92. The van der Waals surface area contributed by atoms with E-state index in [1.54, 1.807) is 27.7 Å². The molecule has 0 bridgehead atoms. The van der Waals surface area contributed by atoms with E-state index in [0.717, 1.165) is 0 Å². The SMILES string of the molecule is CCOC(=O)CC1CCN(C(=O)OC(C)(C)C)CC1O. The number of rotatable bonds is 3. The van der Waals surface area contributed by atoms with Gasteiger partial charge in [0.1, 0.15) is 5.60 Å². The minimum absolute atomic E-state index is 0.160. The Balaban J connectivity index is 2.46. The van der Waals surface area contributed by atoms with Crippen LogP contribution in [0.25, 0.3) is 0 Å². The number of nitrogens with zero attached hydrogens (tertiary/aromatic N) is 1. The van der Waals surface area contributed by atoms with Crippen molar-refractivity contribution in [2.75, 3.05) is 19.7 Å². The maximum Gasteiger partial charge on any atom is 0.410 e. The lowest BCUT2D eigenvalue weighted by Crippen LogP contribution is -2.48. The maximum absolute atomic E-state index is 11.9. The van der Waals surface area contributed by atoms with E-state index >= 15 is 0 Å². The Hall–Kier alpha value is -1.30. The van der Waals surface area contributed by atoms with Gasteiger partial charge in [-0.3, -0.25) is 4.79 Å². The summed E-state index contributed by atoms with van der Waals surface area (Å²) in [6.07, 6.45) is -0.386. The molecule has 0 aromatic carbocycles. The van der Waals surface area contributed by atoms with E-state index in [1.807, 2.05) is 0 Å². The minimum Gasteiger partial charge on any atom is -0.466 e. The molecule has 0 aromatic heterocycles. The van der Waals surface area contributed by atoms with Crippen LogP contribution in [0.3, 0.4) is 0 Å². The summed E-state index contributed by atoms with van der Waals surface area (Å²) in [6, 6.07) is 0. The summed E-state index contributed by atoms with van der Waals surface area (Å²) in [5.74, 6) is -0.463. The predicted molar refractivity (Wildman–Crippen MR) is 73.2 cm³/mol. The molecule has 1 N–H and O–H groups in total. The molecule has 0 spiro atoms. The van der Waals surface area contributed by atoms with Crippen molar-refractivity contribution in [3.05, 3.63) is 0 Å². The topological polar surface area (TPSA) is 76.1 Å². The number of hydrogen-bond acceptors (Lipinski definition) is 5. The fraction of sp³-hybridized carbons (Fsp3) is 0.857. The van der Waals surface area contributed by atoms with Crippen LogP contribution in [-0.4, -0.2) is 53.5 Å². The molecule has 2 unspecified atom stereocenters. The van der Waals surface area contributed by atoms with Crippen LogP contribution < -0.4 is 0 Å². The van der Waals surface area contributed by atoms with Gasteiger partial charge in [-0.2, -0.15) is 0 Å². The lowest BCUT2D eigenvalue weighted by atomic mass is 9.91. The highest BCUT2D eigenvalue weighted by molar-refractivity contribution is 5.70. The van der Waals surface area contributed by atoms with Crippen molar-refractivity contribution in [2.24, 2.45) is 5.92 Å². The summed E-state index contributed by atoms with van der Waals surface area (Å²) in [7, 11) is 0. The molecule has 0 aliphatic carbocycles. The maximum atomic E-state index is 11.9. The molecule has 1 amide bonds. The number of carbonyl (C=O) groups excluding carboxylic acids is 2. The molecule has 1 fully saturated rings. The van der Waals surface area contributed by atoms with E-state index in [2.05, 4.69) is 0 Å². The number of esters is 1. The molecule has 0 saturated carbocycles. The highest BCUT2D eigenvalue weighted by Crippen LogP contribution is 2.23. The fourth-order valence-electron chi connectivity index (χ4n) is 2.14. The molecular weight excluding hydrogens is 262 g/mol. The third-order valence-corrected chi connectivity index (χ3v) is 3.11. The number of β-amino-alcohol motifs (C(OH)–C–C–N with tert-alkyl or cyclic N) is 1. The average molecular weight is 287 g/mol. The Morgan fingerprint density at radius 2 is 2.00 bits per heavy atom. The van der Waals surface area contributed by atoms with E-state index in [-0.39, 0.29) is 24.9 Å². The summed E-state index contributed by atoms with van der Waals surface area (Å²) < 4.78 is 10.1. The summed E-state index contributed by atoms with van der Waals surface area (Å²) in [4.78, 5) is 24.8. The molecule has 116 valence electrons. The van der Waals surface area contributed by atoms with Crippen molar-refractivity contribution >= 4 is 12.1 Å². The number of ether oxygens (including phenoxy) is 2. The number of likely N-dealkylation sites (tertiary alicyclic amines) is 1. The number of hydrogen-bond donors (Lipinski definition) is 1. The molecular formula is C14H25NO5. The van der Waals surface area contributed by atoms with E-state index < -0.39 is 17.8 Å². The third-order valence-electron chi connectivity index (χ3n) is 3.11. The van der Waals surface area contributed by atoms with Gasteiger partial charge in [0, 0.05) is 6.54 Å². The highest BCUT2D eigenvalue weighted by atomic mass is 16.6. The Kier molecular flexibility index (Phi) is 5.80. The zero-order valence-electron chi connectivity index (χ0n) is 12.7. The second-order valence-corrected chi connectivity index (χ2v) is 6.05. The third kappa shape index (κ3) is 5.36. The van der Waals surface area contributed by atoms with Crippen LogP contribution in [0.1, 0.15) is 40.5 Å². The van der Waals surface area contributed by atoms with Gasteiger partial charge in [0.15, 0.2) is 0 Å². The molecule has 0 aromatic rings. The van der Waals surface area contributed by atoms with Gasteiger partial charge < -0.3 is 19.5 Å². The number of amides is 1. The number of aliphatic hydroxyl groups is 1. The first-order valence-corrected chi connectivity index (χ1v) is 7.04. The van der Waals surface area contributed by atoms with Crippen LogP contribution in [-0.2, 0) is 14.3 Å². The van der Waals surface area contributed by atoms with Crippen LogP contribution in [0.5, 0.6) is 0 Å². The van der Waals surface area contributed by atoms with Gasteiger partial charge in [0.2, 0.25) is 0 Å². The van der Waals surface area contributed by atoms with Crippen molar-refractivity contribution in [3.63, 3.8) is 0 Å². The van der Waals surface area contributed by atoms with Crippen molar-refractivity contribution in [1.29, 1.82) is 0 Å². The quantitative estimate of drug-likeness (QED) is 0.797. The number of piperidine rings is 1. The van der Waals surface area contributed by atoms with Crippen LogP contribution in [0, 0.1) is 5.92 Å². The van der Waals surface area contributed by atoms with Crippen molar-refractivity contribution in [2.45, 2.75) is 52.2 Å². The summed E-state index contributed by atoms with van der Waals surface area (Å²) in [6.45, 7) is 8.17. The second-order valence-electron chi connectivity index (χ2n) is 6.05. The molecule has 0 radical (unpaired) electrons. The highest BCUT2D eigenvalue weighted by Gasteiger charge is 2.33. The van der Waals surface area contributed by atoms with E-state index in [1.165, 1.54) is 4.90 Å². The molecule has 6 heteroatoms. The van der Waals surface area contributed by atoms with Gasteiger partial charge in [-0.05, 0) is 40.0 Å². The average Bonchev–Trinajstić information content (AvgIpc) is 2.29. The van der Waals surface area contributed by atoms with Crippen LogP contribution in [0.15, 0.2) is 0 Å². The van der Waals surface area contributed by atoms with Crippen LogP contribution in [0.4, 0.5) is 4.79 Å². The zero-order chi connectivity index (χ0) is 15.3.